The molecule has 10 heteroatoms. The second-order valence-corrected chi connectivity index (χ2v) is 13.3. The van der Waals surface area contributed by atoms with E-state index in [-0.39, 0.29) is 34.8 Å². The van der Waals surface area contributed by atoms with Crippen molar-refractivity contribution in [3.63, 3.8) is 0 Å². The molecule has 0 unspecified atom stereocenters. The highest BCUT2D eigenvalue weighted by molar-refractivity contribution is 6.00. The minimum atomic E-state index is -0.989. The number of aliphatic hydroxyl groups excluding tert-OH is 2. The van der Waals surface area contributed by atoms with Gasteiger partial charge in [0.1, 0.15) is 23.6 Å². The second kappa shape index (κ2) is 16.1. The topological polar surface area (TPSA) is 159 Å². The molecule has 0 radical (unpaired) electrons. The Bertz CT molecular complexity index is 1710. The summed E-state index contributed by atoms with van der Waals surface area (Å²) in [4.78, 5) is 57.7. The number of benzene rings is 2. The fourth-order valence-electron chi connectivity index (χ4n) is 5.89. The Balaban J connectivity index is 0.000000194. The van der Waals surface area contributed by atoms with Gasteiger partial charge in [0.2, 0.25) is 0 Å². The lowest BCUT2D eigenvalue weighted by Gasteiger charge is -2.13. The maximum Gasteiger partial charge on any atom is 0.269 e. The van der Waals surface area contributed by atoms with Gasteiger partial charge in [-0.2, -0.15) is 0 Å². The lowest BCUT2D eigenvalue weighted by atomic mass is 10.00. The first-order chi connectivity index (χ1) is 24.0. The summed E-state index contributed by atoms with van der Waals surface area (Å²) in [7, 11) is 3.02. The molecule has 0 saturated heterocycles. The highest BCUT2D eigenvalue weighted by atomic mass is 16.3. The summed E-state index contributed by atoms with van der Waals surface area (Å²) in [5.74, 6) is 1.23. The van der Waals surface area contributed by atoms with E-state index in [0.29, 0.717) is 70.2 Å². The summed E-state index contributed by atoms with van der Waals surface area (Å²) in [5.41, 5.74) is 3.08. The molecule has 2 fully saturated rings. The fraction of sp³-hybridized carbons (Fsp3) is 0.350. The molecule has 260 valence electrons. The molecule has 50 heavy (non-hydrogen) atoms. The van der Waals surface area contributed by atoms with Crippen LogP contribution in [0.4, 0.5) is 0 Å². The molecule has 2 heterocycles. The molecule has 0 spiro atoms. The van der Waals surface area contributed by atoms with Crippen LogP contribution in [-0.4, -0.2) is 57.7 Å². The van der Waals surface area contributed by atoms with Crippen LogP contribution in [0.3, 0.4) is 0 Å². The summed E-state index contributed by atoms with van der Waals surface area (Å²) in [6, 6.07) is 24.3. The van der Waals surface area contributed by atoms with Crippen molar-refractivity contribution in [1.29, 1.82) is 0 Å². The van der Waals surface area contributed by atoms with E-state index in [4.69, 9.17) is 0 Å². The molecule has 6 atom stereocenters. The van der Waals surface area contributed by atoms with Crippen molar-refractivity contribution < 1.29 is 29.4 Å². The number of aromatic nitrogens is 2. The predicted molar refractivity (Wildman–Crippen MR) is 189 cm³/mol. The van der Waals surface area contributed by atoms with Gasteiger partial charge in [-0.25, -0.2) is 9.97 Å². The quantitative estimate of drug-likeness (QED) is 0.143. The van der Waals surface area contributed by atoms with Gasteiger partial charge in [0, 0.05) is 38.1 Å². The van der Waals surface area contributed by atoms with Crippen molar-refractivity contribution in [3.8, 4) is 0 Å². The zero-order valence-corrected chi connectivity index (χ0v) is 28.8. The van der Waals surface area contributed by atoms with Crippen molar-refractivity contribution in [2.75, 3.05) is 14.1 Å². The molecule has 10 nitrogen and oxygen atoms in total. The molecule has 4 N–H and O–H groups in total. The molecular weight excluding hydrogens is 632 g/mol. The third-order valence-corrected chi connectivity index (χ3v) is 9.49. The van der Waals surface area contributed by atoms with E-state index in [1.54, 1.807) is 36.4 Å². The molecule has 6 rings (SSSR count). The van der Waals surface area contributed by atoms with Gasteiger partial charge in [0.05, 0.1) is 11.4 Å². The standard InChI is InChI=1S/2C20H22N2O3/c2*1-12-8-14(12)11-18(23)15-9-16(22-17(10-15)20(25)21-2)19(24)13-6-4-3-5-7-13/h2*3-7,9-10,12,14,19,24H,8,11H2,1-2H3,(H,21,25)/t12-,14+,19+;12-,14+,19-/m00/s1. The maximum atomic E-state index is 12.6. The van der Waals surface area contributed by atoms with Crippen LogP contribution in [0.1, 0.15) is 116 Å². The SMILES string of the molecule is CNC(=O)c1cc(C(=O)C[C@H]2C[C@@H]2C)cc([C@@H](O)c2ccccc2)n1.CNC(=O)c1cc(C(=O)C[C@H]2C[C@@H]2C)cc([C@H](O)c2ccccc2)n1. The number of amides is 2. The highest BCUT2D eigenvalue weighted by Gasteiger charge is 2.35. The number of rotatable bonds is 12. The van der Waals surface area contributed by atoms with E-state index >= 15 is 0 Å². The third-order valence-electron chi connectivity index (χ3n) is 9.49. The van der Waals surface area contributed by atoms with Crippen LogP contribution in [-0.2, 0) is 0 Å². The molecule has 2 aromatic carbocycles. The molecule has 2 amide bonds. The molecule has 2 aliphatic carbocycles. The number of carbonyl (C=O) groups is 4. The Kier molecular flexibility index (Phi) is 11.7. The largest absolute Gasteiger partial charge is 0.382 e. The van der Waals surface area contributed by atoms with E-state index in [2.05, 4.69) is 34.4 Å². The van der Waals surface area contributed by atoms with Gasteiger partial charge < -0.3 is 20.8 Å². The Morgan fingerprint density at radius 1 is 0.640 bits per heavy atom. The van der Waals surface area contributed by atoms with E-state index in [1.807, 2.05) is 36.4 Å². The van der Waals surface area contributed by atoms with Gasteiger partial charge in [-0.15, -0.1) is 0 Å². The van der Waals surface area contributed by atoms with E-state index in [1.165, 1.54) is 26.2 Å². The van der Waals surface area contributed by atoms with Crippen LogP contribution in [0.25, 0.3) is 0 Å². The summed E-state index contributed by atoms with van der Waals surface area (Å²) >= 11 is 0. The fourth-order valence-corrected chi connectivity index (χ4v) is 5.89. The first kappa shape index (κ1) is 36.2. The monoisotopic (exact) mass is 676 g/mol. The molecule has 2 aliphatic rings. The van der Waals surface area contributed by atoms with Crippen molar-refractivity contribution >= 4 is 23.4 Å². The smallest absolute Gasteiger partial charge is 0.269 e. The summed E-state index contributed by atoms with van der Waals surface area (Å²) in [5, 5.41) is 26.3. The van der Waals surface area contributed by atoms with E-state index in [0.717, 1.165) is 12.8 Å². The van der Waals surface area contributed by atoms with Crippen LogP contribution in [0.2, 0.25) is 0 Å². The lowest BCUT2D eigenvalue weighted by Crippen LogP contribution is -2.21. The zero-order chi connectivity index (χ0) is 35.9. The van der Waals surface area contributed by atoms with Gasteiger partial charge in [-0.3, -0.25) is 19.2 Å². The van der Waals surface area contributed by atoms with Crippen LogP contribution in [0.5, 0.6) is 0 Å². The van der Waals surface area contributed by atoms with Gasteiger partial charge in [0.15, 0.2) is 11.6 Å². The molecule has 0 aliphatic heterocycles. The van der Waals surface area contributed by atoms with E-state index in [9.17, 15) is 29.4 Å². The van der Waals surface area contributed by atoms with Crippen molar-refractivity contribution in [2.45, 2.75) is 51.7 Å². The Morgan fingerprint density at radius 2 is 0.980 bits per heavy atom. The number of ketones is 2. The summed E-state index contributed by atoms with van der Waals surface area (Å²) in [6.07, 6.45) is 1.10. The van der Waals surface area contributed by atoms with Crippen LogP contribution < -0.4 is 10.6 Å². The number of nitrogens with one attached hydrogen (secondary N) is 2. The zero-order valence-electron chi connectivity index (χ0n) is 28.8. The first-order valence-corrected chi connectivity index (χ1v) is 17.0. The Labute approximate surface area is 292 Å². The summed E-state index contributed by atoms with van der Waals surface area (Å²) in [6.45, 7) is 4.26. The molecule has 2 saturated carbocycles. The maximum absolute atomic E-state index is 12.6. The van der Waals surface area contributed by atoms with Crippen LogP contribution >= 0.6 is 0 Å². The third kappa shape index (κ3) is 9.13. The van der Waals surface area contributed by atoms with Crippen molar-refractivity contribution in [3.05, 3.63) is 130 Å². The minimum absolute atomic E-state index is 0.0107. The molecule has 4 aromatic rings. The molecule has 0 bridgehead atoms. The van der Waals surface area contributed by atoms with Crippen LogP contribution in [0.15, 0.2) is 84.9 Å². The van der Waals surface area contributed by atoms with Gasteiger partial charge >= 0.3 is 0 Å². The number of nitrogens with zero attached hydrogens (tertiary/aromatic N) is 2. The number of hydrogen-bond donors (Lipinski definition) is 4. The van der Waals surface area contributed by atoms with Gasteiger partial charge in [-0.05, 0) is 71.9 Å². The summed E-state index contributed by atoms with van der Waals surface area (Å²) < 4.78 is 0. The number of carbonyl (C=O) groups excluding carboxylic acids is 4. The minimum Gasteiger partial charge on any atom is -0.382 e. The van der Waals surface area contributed by atoms with Gasteiger partial charge in [0.25, 0.3) is 11.8 Å². The van der Waals surface area contributed by atoms with Gasteiger partial charge in [-0.1, -0.05) is 74.5 Å². The number of aliphatic hydroxyl groups is 2. The first-order valence-electron chi connectivity index (χ1n) is 17.0. The highest BCUT2D eigenvalue weighted by Crippen LogP contribution is 2.42. The van der Waals surface area contributed by atoms with Crippen LogP contribution in [0, 0.1) is 23.7 Å². The van der Waals surface area contributed by atoms with Crippen molar-refractivity contribution in [1.82, 2.24) is 20.6 Å². The van der Waals surface area contributed by atoms with E-state index < -0.39 is 12.2 Å². The predicted octanol–water partition coefficient (Wildman–Crippen LogP) is 5.50. The Hall–Kier alpha value is -5.06. The lowest BCUT2D eigenvalue weighted by molar-refractivity contribution is 0.0945. The number of Topliss-reactive ketones (excluding diaryl/α,β-unsaturated/α-hetero) is 2. The number of pyridine rings is 2. The number of hydrogen-bond acceptors (Lipinski definition) is 8. The normalized spacial score (nSPS) is 20.0. The van der Waals surface area contributed by atoms with Crippen molar-refractivity contribution in [2.24, 2.45) is 23.7 Å². The Morgan fingerprint density at radius 3 is 1.28 bits per heavy atom. The molecular formula is C40H44N4O6. The average Bonchev–Trinajstić information content (AvgIpc) is 4.06. The average molecular weight is 677 g/mol. The second-order valence-electron chi connectivity index (χ2n) is 13.3. The molecule has 2 aromatic heterocycles.